The monoisotopic (exact) mass is 54.1 g/mol. The Morgan fingerprint density at radius 1 is 2.00 bits per heavy atom. The van der Waals surface area contributed by atoms with Crippen molar-refractivity contribution < 1.29 is 0 Å². The highest BCUT2D eigenvalue weighted by Gasteiger charge is 1.62. The van der Waals surface area contributed by atoms with Crippen LogP contribution in [0.3, 0.4) is 0 Å². The van der Waals surface area contributed by atoms with Crippen LogP contribution in [0.4, 0.5) is 0 Å². The third-order valence-corrected chi connectivity index (χ3v) is 0.500. The lowest BCUT2D eigenvalue weighted by molar-refractivity contribution is 1.47. The first-order valence-electron chi connectivity index (χ1n) is 1.91. The van der Waals surface area contributed by atoms with Gasteiger partial charge in [0.2, 0.25) is 0 Å². The molecule has 0 saturated carbocycles. The van der Waals surface area contributed by atoms with Gasteiger partial charge in [-0.2, -0.15) is 0 Å². The van der Waals surface area contributed by atoms with Crippen LogP contribution in [0.2, 0.25) is 6.32 Å². The average molecular weight is 53.7 g/mol. The minimum Gasteiger partial charge on any atom is -0.0877 e. The second-order valence-corrected chi connectivity index (χ2v) is 1.000. The van der Waals surface area contributed by atoms with Gasteiger partial charge in [-0.25, -0.2) is 0 Å². The summed E-state index contributed by atoms with van der Waals surface area (Å²) in [6.45, 7) is 2.18. The van der Waals surface area contributed by atoms with Crippen molar-refractivity contribution in [2.75, 3.05) is 0 Å². The van der Waals surface area contributed by atoms with Crippen LogP contribution in [-0.4, -0.2) is 14.9 Å². The lowest BCUT2D eigenvalue weighted by Crippen LogP contribution is -1.78. The Bertz CT molecular complexity index is 6.00. The van der Waals surface area contributed by atoms with Crippen LogP contribution >= 0.6 is 0 Å². The molecule has 0 bridgehead atoms. The van der Waals surface area contributed by atoms with E-state index in [2.05, 4.69) is 14.7 Å². The zero-order chi connectivity index (χ0) is 3.41. The zero-order valence-electron chi connectivity index (χ0n) is 3.41. The van der Waals surface area contributed by atoms with Gasteiger partial charge in [-0.1, -0.05) is 13.2 Å². The molecule has 0 unspecified atom stereocenters. The molecule has 0 heterocycles. The maximum Gasteiger partial charge on any atom is 0.0818 e. The van der Waals surface area contributed by atoms with E-state index in [9.17, 15) is 0 Å². The lowest BCUT2D eigenvalue weighted by atomic mass is 9.54. The minimum absolute atomic E-state index is 1.32. The molecular weight excluding hydrogens is 45.6 g/mol. The van der Waals surface area contributed by atoms with E-state index < -0.39 is 0 Å². The van der Waals surface area contributed by atoms with Crippen LogP contribution < -0.4 is 0 Å². The van der Waals surface area contributed by atoms with Crippen molar-refractivity contribution in [3.63, 3.8) is 0 Å². The van der Waals surface area contributed by atoms with Crippen molar-refractivity contribution in [1.29, 1.82) is 0 Å². The van der Waals surface area contributed by atoms with Crippen molar-refractivity contribution in [1.82, 2.24) is 0 Å². The van der Waals surface area contributed by atoms with Gasteiger partial charge in [0.1, 0.15) is 0 Å². The quantitative estimate of drug-likeness (QED) is 0.351. The fraction of sp³-hybridized carbons (Fsp3) is 1.00. The molecule has 2 heteroatoms. The van der Waals surface area contributed by atoms with Gasteiger partial charge in [-0.05, 0) is 0 Å². The molecule has 0 fully saturated rings. The van der Waals surface area contributed by atoms with Gasteiger partial charge < -0.3 is 0 Å². The Hall–Kier alpha value is 0.130. The molecule has 0 radical (unpaired) electrons. The largest absolute Gasteiger partial charge is 0.0877 e. The highest BCUT2D eigenvalue weighted by molar-refractivity contribution is 6.89. The van der Waals surface area contributed by atoms with E-state index in [0.29, 0.717) is 0 Å². The van der Waals surface area contributed by atoms with E-state index in [1.165, 1.54) is 13.5 Å². The Balaban J connectivity index is 1.97. The molecule has 0 aromatic rings. The predicted molar refractivity (Wildman–Crippen MR) is 26.2 cm³/mol. The van der Waals surface area contributed by atoms with Crippen molar-refractivity contribution in [2.24, 2.45) is 0 Å². The maximum absolute atomic E-state index is 2.18. The van der Waals surface area contributed by atoms with Crippen LogP contribution in [0.25, 0.3) is 0 Å². The van der Waals surface area contributed by atoms with Gasteiger partial charge in [0, 0.05) is 0 Å². The van der Waals surface area contributed by atoms with Gasteiger partial charge >= 0.3 is 0 Å². The molecule has 0 aromatic carbocycles. The van der Waals surface area contributed by atoms with Crippen LogP contribution in [0.15, 0.2) is 0 Å². The summed E-state index contributed by atoms with van der Waals surface area (Å²) in [6, 6.07) is 0. The maximum atomic E-state index is 2.18. The van der Waals surface area contributed by atoms with E-state index in [1.807, 2.05) is 0 Å². The van der Waals surface area contributed by atoms with Gasteiger partial charge in [0.05, 0.1) is 14.9 Å². The molecule has 0 rings (SSSR count). The second-order valence-electron chi connectivity index (χ2n) is 1.000. The summed E-state index contributed by atoms with van der Waals surface area (Å²) in [4.78, 5) is 0. The number of hydrogen-bond donors (Lipinski definition) is 0. The topological polar surface area (TPSA) is 0 Å². The molecule has 0 amide bonds. The smallest absolute Gasteiger partial charge is 0.0818 e. The number of hydrogen-bond acceptors (Lipinski definition) is 0. The van der Waals surface area contributed by atoms with Gasteiger partial charge in [0.25, 0.3) is 0 Å². The van der Waals surface area contributed by atoms with E-state index in [4.69, 9.17) is 0 Å². The Kier molecular flexibility index (Phi) is 3.23. The molecule has 0 saturated heterocycles. The van der Waals surface area contributed by atoms with Crippen molar-refractivity contribution in [2.45, 2.75) is 13.2 Å². The standard InChI is InChI=1S/C2H8B2/c1-2-4-3/h4H,2-3H2,1H3. The second kappa shape index (κ2) is 3.13. The van der Waals surface area contributed by atoms with Crippen molar-refractivity contribution in [3.8, 4) is 0 Å². The van der Waals surface area contributed by atoms with Gasteiger partial charge in [0.15, 0.2) is 0 Å². The molecule has 0 aliphatic heterocycles. The fourth-order valence-electron chi connectivity index (χ4n) is 0. The summed E-state index contributed by atoms with van der Waals surface area (Å²) in [6.07, 6.45) is 1.32. The Morgan fingerprint density at radius 2 is 2.25 bits per heavy atom. The normalized spacial score (nSPS) is 6.25. The van der Waals surface area contributed by atoms with Crippen molar-refractivity contribution in [3.05, 3.63) is 0 Å². The fourth-order valence-corrected chi connectivity index (χ4v) is 0. The first-order valence-corrected chi connectivity index (χ1v) is 1.91. The van der Waals surface area contributed by atoms with E-state index >= 15 is 0 Å². The summed E-state index contributed by atoms with van der Waals surface area (Å²) in [5.41, 5.74) is 0. The summed E-state index contributed by atoms with van der Waals surface area (Å²) in [5, 5.41) is 0. The Morgan fingerprint density at radius 3 is 2.25 bits per heavy atom. The Labute approximate surface area is 29.2 Å². The van der Waals surface area contributed by atoms with Crippen molar-refractivity contribution >= 4 is 14.9 Å². The van der Waals surface area contributed by atoms with Crippen LogP contribution in [0, 0.1) is 0 Å². The van der Waals surface area contributed by atoms with Crippen LogP contribution in [0.1, 0.15) is 6.92 Å². The summed E-state index contributed by atoms with van der Waals surface area (Å²) < 4.78 is 0. The number of rotatable bonds is 1. The summed E-state index contributed by atoms with van der Waals surface area (Å²) in [7, 11) is 3.50. The third-order valence-electron chi connectivity index (χ3n) is 0.500. The SMILES string of the molecule is BBCC. The van der Waals surface area contributed by atoms with Gasteiger partial charge in [-0.15, -0.1) is 0 Å². The molecule has 4 heavy (non-hydrogen) atoms. The molecule has 0 N–H and O–H groups in total. The molecular formula is C2H8B2. The summed E-state index contributed by atoms with van der Waals surface area (Å²) >= 11 is 0. The van der Waals surface area contributed by atoms with Crippen LogP contribution in [-0.2, 0) is 0 Å². The minimum atomic E-state index is 1.32. The lowest BCUT2D eigenvalue weighted by Gasteiger charge is -1.63. The molecule has 0 spiro atoms. The molecule has 0 aliphatic carbocycles. The molecule has 0 atom stereocenters. The highest BCUT2D eigenvalue weighted by atomic mass is 13.3. The first kappa shape index (κ1) is 4.13. The molecule has 0 aliphatic rings. The predicted octanol–water partition coefficient (Wildman–Crippen LogP) is -0.591. The van der Waals surface area contributed by atoms with E-state index in [-0.39, 0.29) is 0 Å². The van der Waals surface area contributed by atoms with Crippen LogP contribution in [0.5, 0.6) is 0 Å². The van der Waals surface area contributed by atoms with Gasteiger partial charge in [-0.3, -0.25) is 0 Å². The van der Waals surface area contributed by atoms with E-state index in [0.717, 1.165) is 0 Å². The third kappa shape index (κ3) is 2.13. The highest BCUT2D eigenvalue weighted by Crippen LogP contribution is 1.59. The average Bonchev–Trinajstić information content (AvgIpc) is 1.37. The van der Waals surface area contributed by atoms with E-state index in [1.54, 1.807) is 0 Å². The molecule has 0 aromatic heterocycles. The zero-order valence-corrected chi connectivity index (χ0v) is 3.41. The molecule has 0 nitrogen and oxygen atoms in total. The first-order chi connectivity index (χ1) is 1.91. The summed E-state index contributed by atoms with van der Waals surface area (Å²) in [5.74, 6) is 0. The molecule has 22 valence electrons.